The van der Waals surface area contributed by atoms with Crippen LogP contribution in [0.1, 0.15) is 31.7 Å². The van der Waals surface area contributed by atoms with Crippen LogP contribution in [0.5, 0.6) is 11.5 Å². The van der Waals surface area contributed by atoms with Gasteiger partial charge in [0, 0.05) is 12.1 Å². The van der Waals surface area contributed by atoms with Crippen molar-refractivity contribution in [3.05, 3.63) is 107 Å². The van der Waals surface area contributed by atoms with Gasteiger partial charge in [-0.05, 0) is 65.9 Å². The van der Waals surface area contributed by atoms with Crippen LogP contribution in [0.3, 0.4) is 0 Å². The molecular weight excluding hydrogens is 594 g/mol. The molecule has 0 aromatic heterocycles. The van der Waals surface area contributed by atoms with Gasteiger partial charge in [0.25, 0.3) is 0 Å². The van der Waals surface area contributed by atoms with Crippen LogP contribution in [-0.2, 0) is 6.42 Å². The van der Waals surface area contributed by atoms with Gasteiger partial charge < -0.3 is 9.47 Å². The fraction of sp³-hybridized carbons (Fsp3) is 0.226. The average molecular weight is 616 g/mol. The Morgan fingerprint density at radius 3 is 1.70 bits per heavy atom. The van der Waals surface area contributed by atoms with E-state index in [9.17, 15) is 35.1 Å². The van der Waals surface area contributed by atoms with E-state index in [-0.39, 0.29) is 17.7 Å². The van der Waals surface area contributed by atoms with Crippen LogP contribution in [0.4, 0.5) is 43.9 Å². The average Bonchev–Trinajstić information content (AvgIpc) is 2.90. The van der Waals surface area contributed by atoms with Crippen molar-refractivity contribution in [3.8, 4) is 33.8 Å². The van der Waals surface area contributed by atoms with Gasteiger partial charge in [-0.15, -0.1) is 0 Å². The smallest absolute Gasteiger partial charge is 0.433 e. The van der Waals surface area contributed by atoms with E-state index in [0.717, 1.165) is 37.1 Å². The van der Waals surface area contributed by atoms with E-state index in [0.29, 0.717) is 36.6 Å². The van der Waals surface area contributed by atoms with Crippen molar-refractivity contribution < 1.29 is 53.4 Å². The zero-order valence-electron chi connectivity index (χ0n) is 22.3. The van der Waals surface area contributed by atoms with Crippen molar-refractivity contribution in [2.24, 2.45) is 0 Å². The summed E-state index contributed by atoms with van der Waals surface area (Å²) in [6.07, 6.45) is -1.37. The van der Waals surface area contributed by atoms with Crippen molar-refractivity contribution in [2.45, 2.75) is 38.7 Å². The third-order valence-electron chi connectivity index (χ3n) is 6.34. The fourth-order valence-corrected chi connectivity index (χ4v) is 4.35. The molecule has 0 saturated heterocycles. The molecule has 0 unspecified atom stereocenters. The molecule has 0 N–H and O–H groups in total. The van der Waals surface area contributed by atoms with Gasteiger partial charge in [0.1, 0.15) is 29.0 Å². The largest absolute Gasteiger partial charge is 0.480 e. The molecule has 0 saturated carbocycles. The van der Waals surface area contributed by atoms with E-state index in [1.54, 1.807) is 0 Å². The number of rotatable bonds is 11. The van der Waals surface area contributed by atoms with Gasteiger partial charge in [0.05, 0.1) is 11.1 Å². The highest BCUT2D eigenvalue weighted by atomic mass is 19.3. The Labute approximate surface area is 239 Å². The van der Waals surface area contributed by atoms with Crippen LogP contribution in [-0.4, -0.2) is 12.7 Å². The van der Waals surface area contributed by atoms with Gasteiger partial charge in [-0.1, -0.05) is 25.8 Å². The quantitative estimate of drug-likeness (QED) is 0.0949. The van der Waals surface area contributed by atoms with Crippen LogP contribution >= 0.6 is 0 Å². The van der Waals surface area contributed by atoms with E-state index in [4.69, 9.17) is 0 Å². The minimum atomic E-state index is -4.27. The second-order valence-corrected chi connectivity index (χ2v) is 9.58. The highest BCUT2D eigenvalue weighted by molar-refractivity contribution is 5.73. The van der Waals surface area contributed by atoms with Gasteiger partial charge in [0.15, 0.2) is 35.6 Å². The molecular formula is C31H22F10O2. The van der Waals surface area contributed by atoms with Crippen LogP contribution in [0.15, 0.2) is 54.6 Å². The summed E-state index contributed by atoms with van der Waals surface area (Å²) in [6, 6.07) is 6.18. The Hall–Kier alpha value is -4.22. The number of ether oxygens (including phenoxy) is 2. The maximum absolute atomic E-state index is 15.0. The number of unbranched alkanes of at least 4 members (excludes halogenated alkanes) is 2. The molecule has 0 aliphatic heterocycles. The number of halogens is 10. The normalized spacial score (nSPS) is 11.6. The third-order valence-corrected chi connectivity index (χ3v) is 6.34. The molecule has 12 heteroatoms. The molecule has 228 valence electrons. The lowest BCUT2D eigenvalue weighted by Crippen LogP contribution is -2.32. The Balaban J connectivity index is 1.52. The molecule has 0 fully saturated rings. The van der Waals surface area contributed by atoms with E-state index in [2.05, 4.69) is 9.47 Å². The highest BCUT2D eigenvalue weighted by Crippen LogP contribution is 2.36. The summed E-state index contributed by atoms with van der Waals surface area (Å²) in [7, 11) is 0. The van der Waals surface area contributed by atoms with Gasteiger partial charge in [0.2, 0.25) is 0 Å². The van der Waals surface area contributed by atoms with Gasteiger partial charge in [-0.3, -0.25) is 0 Å². The SMILES string of the molecule is CCCCCc1cc(F)c(-c2cc(F)c(-c3ccc(OCC(F)(F)Oc4cc(F)c(F)c(F)c4)c(F)c3)c(F)c2)c(F)c1. The van der Waals surface area contributed by atoms with Crippen LogP contribution in [0, 0.1) is 46.5 Å². The van der Waals surface area contributed by atoms with Crippen molar-refractivity contribution in [1.29, 1.82) is 0 Å². The van der Waals surface area contributed by atoms with Gasteiger partial charge in [-0.2, -0.15) is 8.78 Å². The highest BCUT2D eigenvalue weighted by Gasteiger charge is 2.34. The summed E-state index contributed by atoms with van der Waals surface area (Å²) in [4.78, 5) is 0. The molecule has 0 atom stereocenters. The summed E-state index contributed by atoms with van der Waals surface area (Å²) in [5.41, 5.74) is -1.84. The number of hydrogen-bond donors (Lipinski definition) is 0. The molecule has 4 rings (SSSR count). The molecule has 0 amide bonds. The Kier molecular flexibility index (Phi) is 9.56. The molecule has 0 aliphatic carbocycles. The first-order chi connectivity index (χ1) is 20.3. The van der Waals surface area contributed by atoms with Crippen LogP contribution in [0.25, 0.3) is 22.3 Å². The predicted molar refractivity (Wildman–Crippen MR) is 138 cm³/mol. The first-order valence-corrected chi connectivity index (χ1v) is 12.9. The summed E-state index contributed by atoms with van der Waals surface area (Å²) in [5.74, 6) is -13.3. The molecule has 0 aliphatic rings. The molecule has 4 aromatic rings. The summed E-state index contributed by atoms with van der Waals surface area (Å²) in [5, 5.41) is 0. The first-order valence-electron chi connectivity index (χ1n) is 12.9. The summed E-state index contributed by atoms with van der Waals surface area (Å²) in [6.45, 7) is 0.301. The second kappa shape index (κ2) is 13.0. The van der Waals surface area contributed by atoms with Crippen LogP contribution < -0.4 is 9.47 Å². The molecule has 2 nitrogen and oxygen atoms in total. The van der Waals surface area contributed by atoms with Crippen molar-refractivity contribution in [2.75, 3.05) is 6.61 Å². The molecule has 4 aromatic carbocycles. The Morgan fingerprint density at radius 2 is 1.14 bits per heavy atom. The van der Waals surface area contributed by atoms with Crippen molar-refractivity contribution >= 4 is 0 Å². The van der Waals surface area contributed by atoms with Crippen LogP contribution in [0.2, 0.25) is 0 Å². The fourth-order valence-electron chi connectivity index (χ4n) is 4.35. The molecule has 43 heavy (non-hydrogen) atoms. The number of hydrogen-bond acceptors (Lipinski definition) is 2. The lowest BCUT2D eigenvalue weighted by molar-refractivity contribution is -0.196. The van der Waals surface area contributed by atoms with Crippen molar-refractivity contribution in [1.82, 2.24) is 0 Å². The summed E-state index contributed by atoms with van der Waals surface area (Å²) >= 11 is 0. The monoisotopic (exact) mass is 616 g/mol. The van der Waals surface area contributed by atoms with E-state index in [1.807, 2.05) is 6.92 Å². The minimum Gasteiger partial charge on any atom is -0.480 e. The van der Waals surface area contributed by atoms with E-state index >= 15 is 8.78 Å². The van der Waals surface area contributed by atoms with Gasteiger partial charge in [-0.25, -0.2) is 35.1 Å². The maximum atomic E-state index is 15.0. The lowest BCUT2D eigenvalue weighted by Gasteiger charge is -2.19. The molecule has 0 bridgehead atoms. The van der Waals surface area contributed by atoms with Gasteiger partial charge >= 0.3 is 6.11 Å². The lowest BCUT2D eigenvalue weighted by atomic mass is 9.96. The topological polar surface area (TPSA) is 18.5 Å². The van der Waals surface area contributed by atoms with Crippen molar-refractivity contribution in [3.63, 3.8) is 0 Å². The number of aryl methyl sites for hydroxylation is 1. The zero-order chi connectivity index (χ0) is 31.5. The zero-order valence-corrected chi connectivity index (χ0v) is 22.3. The van der Waals surface area contributed by atoms with E-state index < -0.39 is 87.4 Å². The molecule has 0 spiro atoms. The third kappa shape index (κ3) is 7.41. The first kappa shape index (κ1) is 31.7. The Bertz CT molecular complexity index is 1570. The number of alkyl halides is 2. The maximum Gasteiger partial charge on any atom is 0.433 e. The standard InChI is InChI=1S/C31H22F10O2/c1-2-3-4-5-16-8-21(33)29(22(34)9-16)18-11-23(35)28(24(36)12-18)17-6-7-27(20(32)10-17)42-15-31(40,41)43-19-13-25(37)30(39)26(38)14-19/h6-14H,2-5,15H2,1H3. The number of benzene rings is 4. The molecule has 0 heterocycles. The minimum absolute atomic E-state index is 0.169. The summed E-state index contributed by atoms with van der Waals surface area (Å²) < 4.78 is 151. The van der Waals surface area contributed by atoms with E-state index in [1.165, 1.54) is 0 Å². The predicted octanol–water partition coefficient (Wildman–Crippen LogP) is 9.92. The molecule has 0 radical (unpaired) electrons. The second-order valence-electron chi connectivity index (χ2n) is 9.58. The Morgan fingerprint density at radius 1 is 0.605 bits per heavy atom.